The molecule has 0 atom stereocenters. The third-order valence-corrected chi connectivity index (χ3v) is 5.13. The number of nitrogens with zero attached hydrogens (tertiary/aromatic N) is 2. The number of carbonyl (C=O) groups excluding carboxylic acids is 1. The van der Waals surface area contributed by atoms with Crippen molar-refractivity contribution >= 4 is 22.5 Å². The van der Waals surface area contributed by atoms with Crippen LogP contribution in [0.3, 0.4) is 0 Å². The lowest BCUT2D eigenvalue weighted by Gasteiger charge is -2.58. The number of halogens is 1. The maximum Gasteiger partial charge on any atom is 0.228 e. The quantitative estimate of drug-likeness (QED) is 0.944. The Bertz CT molecular complexity index is 734. The molecule has 1 amide bonds. The zero-order valence-corrected chi connectivity index (χ0v) is 13.0. The molecule has 2 aromatic rings. The van der Waals surface area contributed by atoms with Gasteiger partial charge in [0.25, 0.3) is 0 Å². The first-order valence-corrected chi connectivity index (χ1v) is 8.11. The predicted octanol–water partition coefficient (Wildman–Crippen LogP) is 2.85. The van der Waals surface area contributed by atoms with Crippen molar-refractivity contribution in [3.05, 3.63) is 36.5 Å². The van der Waals surface area contributed by atoms with Crippen molar-refractivity contribution in [3.8, 4) is 0 Å². The van der Waals surface area contributed by atoms with Crippen LogP contribution < -0.4 is 5.32 Å². The van der Waals surface area contributed by atoms with Gasteiger partial charge in [-0.3, -0.25) is 9.69 Å². The molecule has 1 spiro atoms. The Kier molecular flexibility index (Phi) is 3.53. The second-order valence-corrected chi connectivity index (χ2v) is 6.91. The molecule has 2 aliphatic rings. The lowest BCUT2D eigenvalue weighted by Crippen LogP contribution is -2.63. The molecular weight excluding hydrogens is 293 g/mol. The molecule has 1 aromatic carbocycles. The number of anilines is 1. The molecule has 1 aromatic heterocycles. The first-order chi connectivity index (χ1) is 11.2. The molecule has 0 bridgehead atoms. The van der Waals surface area contributed by atoms with Gasteiger partial charge in [0.05, 0.1) is 0 Å². The number of hydrogen-bond acceptors (Lipinski definition) is 3. The number of aromatic nitrogens is 1. The van der Waals surface area contributed by atoms with Crippen LogP contribution in [0, 0.1) is 11.3 Å². The zero-order chi connectivity index (χ0) is 15.9. The summed E-state index contributed by atoms with van der Waals surface area (Å²) in [7, 11) is 0. The Labute approximate surface area is 134 Å². The van der Waals surface area contributed by atoms with Gasteiger partial charge >= 0.3 is 0 Å². The summed E-state index contributed by atoms with van der Waals surface area (Å²) < 4.78 is 12.3. The molecule has 1 saturated carbocycles. The van der Waals surface area contributed by atoms with E-state index in [1.807, 2.05) is 30.3 Å². The molecule has 4 nitrogen and oxygen atoms in total. The van der Waals surface area contributed by atoms with Crippen molar-refractivity contribution < 1.29 is 9.18 Å². The average Bonchev–Trinajstić information content (AvgIpc) is 2.48. The SMILES string of the molecule is O=C(Nc1cc2ccccc2cn1)C1CC2(C1)CN(CCF)C2. The number of fused-ring (bicyclic) bond motifs is 1. The Morgan fingerprint density at radius 2 is 2.04 bits per heavy atom. The topological polar surface area (TPSA) is 45.2 Å². The van der Waals surface area contributed by atoms with Crippen LogP contribution in [-0.4, -0.2) is 42.1 Å². The molecule has 1 aliphatic heterocycles. The summed E-state index contributed by atoms with van der Waals surface area (Å²) in [4.78, 5) is 18.8. The van der Waals surface area contributed by atoms with E-state index in [0.29, 0.717) is 12.4 Å². The van der Waals surface area contributed by atoms with E-state index in [9.17, 15) is 9.18 Å². The highest BCUT2D eigenvalue weighted by molar-refractivity contribution is 5.94. The molecule has 1 saturated heterocycles. The van der Waals surface area contributed by atoms with Gasteiger partial charge in [-0.15, -0.1) is 0 Å². The van der Waals surface area contributed by atoms with Gasteiger partial charge < -0.3 is 5.32 Å². The fourth-order valence-corrected chi connectivity index (χ4v) is 3.99. The molecule has 0 radical (unpaired) electrons. The van der Waals surface area contributed by atoms with Crippen LogP contribution >= 0.6 is 0 Å². The van der Waals surface area contributed by atoms with Gasteiger partial charge in [0.1, 0.15) is 12.5 Å². The van der Waals surface area contributed by atoms with E-state index in [0.717, 1.165) is 36.7 Å². The maximum atomic E-state index is 12.3. The first-order valence-electron chi connectivity index (χ1n) is 8.11. The molecular formula is C18H20FN3O. The fourth-order valence-electron chi connectivity index (χ4n) is 3.99. The summed E-state index contributed by atoms with van der Waals surface area (Å²) in [6.07, 6.45) is 3.61. The molecule has 120 valence electrons. The van der Waals surface area contributed by atoms with E-state index in [1.165, 1.54) is 0 Å². The Balaban J connectivity index is 1.34. The summed E-state index contributed by atoms with van der Waals surface area (Å²) in [5.41, 5.74) is 0.272. The van der Waals surface area contributed by atoms with Gasteiger partial charge in [0.2, 0.25) is 5.91 Å². The van der Waals surface area contributed by atoms with Crippen molar-refractivity contribution in [2.24, 2.45) is 11.3 Å². The Hall–Kier alpha value is -2.01. The number of nitrogens with one attached hydrogen (secondary N) is 1. The minimum Gasteiger partial charge on any atom is -0.310 e. The fraction of sp³-hybridized carbons (Fsp3) is 0.444. The molecule has 1 aliphatic carbocycles. The van der Waals surface area contributed by atoms with Crippen LogP contribution in [0.4, 0.5) is 10.2 Å². The van der Waals surface area contributed by atoms with Gasteiger partial charge in [0.15, 0.2) is 0 Å². The van der Waals surface area contributed by atoms with Crippen LogP contribution in [0.2, 0.25) is 0 Å². The number of benzene rings is 1. The predicted molar refractivity (Wildman–Crippen MR) is 87.9 cm³/mol. The third-order valence-electron chi connectivity index (χ3n) is 5.13. The average molecular weight is 313 g/mol. The molecule has 5 heteroatoms. The van der Waals surface area contributed by atoms with Gasteiger partial charge in [-0.25, -0.2) is 9.37 Å². The van der Waals surface area contributed by atoms with Crippen molar-refractivity contribution in [2.75, 3.05) is 31.6 Å². The zero-order valence-electron chi connectivity index (χ0n) is 13.0. The van der Waals surface area contributed by atoms with Crippen molar-refractivity contribution in [1.29, 1.82) is 0 Å². The smallest absolute Gasteiger partial charge is 0.228 e. The summed E-state index contributed by atoms with van der Waals surface area (Å²) in [5, 5.41) is 5.07. The molecule has 0 unspecified atom stereocenters. The minimum absolute atomic E-state index is 0.0577. The number of pyridine rings is 1. The summed E-state index contributed by atoms with van der Waals surface area (Å²) in [6.45, 7) is 2.12. The third kappa shape index (κ3) is 2.70. The van der Waals surface area contributed by atoms with E-state index in [1.54, 1.807) is 6.20 Å². The lowest BCUT2D eigenvalue weighted by atomic mass is 9.57. The van der Waals surface area contributed by atoms with Crippen LogP contribution in [-0.2, 0) is 4.79 Å². The first kappa shape index (κ1) is 14.6. The molecule has 23 heavy (non-hydrogen) atoms. The largest absolute Gasteiger partial charge is 0.310 e. The van der Waals surface area contributed by atoms with Crippen molar-refractivity contribution in [2.45, 2.75) is 12.8 Å². The second kappa shape index (κ2) is 5.57. The number of alkyl halides is 1. The summed E-state index contributed by atoms with van der Waals surface area (Å²) in [5.74, 6) is 0.737. The minimum atomic E-state index is -0.284. The van der Waals surface area contributed by atoms with Gasteiger partial charge in [-0.1, -0.05) is 24.3 Å². The van der Waals surface area contributed by atoms with Crippen molar-refractivity contribution in [1.82, 2.24) is 9.88 Å². The van der Waals surface area contributed by atoms with Crippen LogP contribution in [0.25, 0.3) is 10.8 Å². The molecule has 2 heterocycles. The Morgan fingerprint density at radius 1 is 1.30 bits per heavy atom. The second-order valence-electron chi connectivity index (χ2n) is 6.91. The van der Waals surface area contributed by atoms with Crippen LogP contribution in [0.1, 0.15) is 12.8 Å². The monoisotopic (exact) mass is 313 g/mol. The Morgan fingerprint density at radius 3 is 2.78 bits per heavy atom. The van der Waals surface area contributed by atoms with E-state index < -0.39 is 0 Å². The van der Waals surface area contributed by atoms with E-state index in [2.05, 4.69) is 15.2 Å². The molecule has 4 rings (SSSR count). The number of hydrogen-bond donors (Lipinski definition) is 1. The van der Waals surface area contributed by atoms with Gasteiger partial charge in [-0.2, -0.15) is 0 Å². The highest BCUT2D eigenvalue weighted by Gasteiger charge is 2.53. The maximum absolute atomic E-state index is 12.3. The number of likely N-dealkylation sites (tertiary alicyclic amines) is 1. The van der Waals surface area contributed by atoms with Crippen LogP contribution in [0.5, 0.6) is 0 Å². The van der Waals surface area contributed by atoms with Crippen LogP contribution in [0.15, 0.2) is 36.5 Å². The van der Waals surface area contributed by atoms with E-state index in [4.69, 9.17) is 0 Å². The summed E-state index contributed by atoms with van der Waals surface area (Å²) >= 11 is 0. The van der Waals surface area contributed by atoms with E-state index >= 15 is 0 Å². The lowest BCUT2D eigenvalue weighted by molar-refractivity contribution is -0.139. The number of amides is 1. The normalized spacial score (nSPS) is 20.2. The standard InChI is InChI=1S/C18H20FN3O/c19-5-6-22-11-18(12-22)8-15(9-18)17(23)21-16-7-13-3-1-2-4-14(13)10-20-16/h1-4,7,10,15H,5-6,8-9,11-12H2,(H,20,21,23). The van der Waals surface area contributed by atoms with Gasteiger partial charge in [-0.05, 0) is 29.7 Å². The highest BCUT2D eigenvalue weighted by Crippen LogP contribution is 2.52. The highest BCUT2D eigenvalue weighted by atomic mass is 19.1. The molecule has 2 fully saturated rings. The van der Waals surface area contributed by atoms with Gasteiger partial charge in [0, 0.05) is 37.1 Å². The number of rotatable bonds is 4. The number of carbonyl (C=O) groups is 1. The van der Waals surface area contributed by atoms with E-state index in [-0.39, 0.29) is 23.9 Å². The molecule has 1 N–H and O–H groups in total. The van der Waals surface area contributed by atoms with Crippen molar-refractivity contribution in [3.63, 3.8) is 0 Å². The summed E-state index contributed by atoms with van der Waals surface area (Å²) in [6, 6.07) is 9.88.